The lowest BCUT2D eigenvalue weighted by Gasteiger charge is -2.27. The molecule has 0 aliphatic heterocycles. The Balaban J connectivity index is 2.64. The molecule has 2 rings (SSSR count). The lowest BCUT2D eigenvalue weighted by Crippen LogP contribution is -2.27. The maximum Gasteiger partial charge on any atom is 0.128 e. The third-order valence-electron chi connectivity index (χ3n) is 3.37. The molecule has 1 aromatic carbocycles. The number of nitrogens with zero attached hydrogens (tertiary/aromatic N) is 4. The van der Waals surface area contributed by atoms with Gasteiger partial charge >= 0.3 is 0 Å². The number of aromatic nitrogens is 2. The van der Waals surface area contributed by atoms with E-state index in [2.05, 4.69) is 38.9 Å². The predicted molar refractivity (Wildman–Crippen MR) is 76.6 cm³/mol. The lowest BCUT2D eigenvalue weighted by atomic mass is 10.0. The highest BCUT2D eigenvalue weighted by Crippen LogP contribution is 2.28. The van der Waals surface area contributed by atoms with Crippen LogP contribution in [0.1, 0.15) is 25.7 Å². The molecule has 0 saturated heterocycles. The van der Waals surface area contributed by atoms with Gasteiger partial charge in [-0.3, -0.25) is 4.90 Å². The summed E-state index contributed by atoms with van der Waals surface area (Å²) in [6.45, 7) is 4.70. The average molecular weight is 256 g/mol. The Morgan fingerprint density at radius 1 is 1.32 bits per heavy atom. The molecule has 0 saturated carbocycles. The van der Waals surface area contributed by atoms with E-state index in [1.165, 1.54) is 0 Å². The molecule has 1 unspecified atom stereocenters. The fraction of sp³-hybridized carbons (Fsp3) is 0.467. The molecule has 1 heterocycles. The van der Waals surface area contributed by atoms with E-state index in [1.54, 1.807) is 0 Å². The molecule has 1 aromatic heterocycles. The van der Waals surface area contributed by atoms with Gasteiger partial charge in [0, 0.05) is 0 Å². The van der Waals surface area contributed by atoms with Crippen molar-refractivity contribution >= 4 is 11.0 Å². The molecule has 0 spiro atoms. The maximum atomic E-state index is 9.07. The van der Waals surface area contributed by atoms with Crippen molar-refractivity contribution in [1.82, 2.24) is 14.5 Å². The number of fused-ring (bicyclic) bond motifs is 1. The van der Waals surface area contributed by atoms with Gasteiger partial charge in [0.05, 0.1) is 23.1 Å². The maximum absolute atomic E-state index is 9.07. The highest BCUT2D eigenvalue weighted by atomic mass is 15.2. The van der Waals surface area contributed by atoms with Crippen LogP contribution in [0.4, 0.5) is 0 Å². The van der Waals surface area contributed by atoms with Crippen LogP contribution >= 0.6 is 0 Å². The van der Waals surface area contributed by atoms with Crippen LogP contribution in [0.2, 0.25) is 0 Å². The first-order valence-electron chi connectivity index (χ1n) is 6.54. The molecule has 0 radical (unpaired) electrons. The van der Waals surface area contributed by atoms with Crippen molar-refractivity contribution in [2.24, 2.45) is 5.92 Å². The third kappa shape index (κ3) is 2.47. The Hall–Kier alpha value is -1.86. The lowest BCUT2D eigenvalue weighted by molar-refractivity contribution is 0.220. The minimum absolute atomic E-state index is 0.209. The molecule has 1 atom stereocenters. The van der Waals surface area contributed by atoms with E-state index in [1.807, 2.05) is 28.8 Å². The Labute approximate surface area is 114 Å². The quantitative estimate of drug-likeness (QED) is 0.845. The van der Waals surface area contributed by atoms with E-state index in [0.717, 1.165) is 16.9 Å². The zero-order valence-corrected chi connectivity index (χ0v) is 12.0. The first kappa shape index (κ1) is 13.6. The van der Waals surface area contributed by atoms with Crippen molar-refractivity contribution in [3.05, 3.63) is 30.1 Å². The average Bonchev–Trinajstić information content (AvgIpc) is 2.68. The van der Waals surface area contributed by atoms with Crippen molar-refractivity contribution in [2.45, 2.75) is 26.4 Å². The van der Waals surface area contributed by atoms with Gasteiger partial charge in [-0.15, -0.1) is 0 Å². The number of para-hydroxylation sites is 2. The minimum Gasteiger partial charge on any atom is -0.313 e. The zero-order valence-electron chi connectivity index (χ0n) is 12.0. The number of nitriles is 1. The largest absolute Gasteiger partial charge is 0.313 e. The first-order valence-corrected chi connectivity index (χ1v) is 6.54. The van der Waals surface area contributed by atoms with E-state index < -0.39 is 0 Å². The molecule has 0 aliphatic rings. The van der Waals surface area contributed by atoms with Gasteiger partial charge in [0.1, 0.15) is 12.4 Å². The summed E-state index contributed by atoms with van der Waals surface area (Å²) in [4.78, 5) is 6.91. The topological polar surface area (TPSA) is 44.9 Å². The van der Waals surface area contributed by atoms with E-state index in [-0.39, 0.29) is 6.04 Å². The van der Waals surface area contributed by atoms with E-state index >= 15 is 0 Å². The van der Waals surface area contributed by atoms with Gasteiger partial charge in [0.15, 0.2) is 0 Å². The normalized spacial score (nSPS) is 13.1. The number of hydrogen-bond donors (Lipinski definition) is 0. The van der Waals surface area contributed by atoms with E-state index in [4.69, 9.17) is 10.2 Å². The SMILES string of the molecule is CC(C)C(c1nc2ccccc2n1CC#N)N(C)C. The molecule has 4 nitrogen and oxygen atoms in total. The molecule has 19 heavy (non-hydrogen) atoms. The first-order chi connectivity index (χ1) is 9.06. The molecular weight excluding hydrogens is 236 g/mol. The summed E-state index contributed by atoms with van der Waals surface area (Å²) < 4.78 is 2.03. The van der Waals surface area contributed by atoms with Gasteiger partial charge in [0.25, 0.3) is 0 Å². The summed E-state index contributed by atoms with van der Waals surface area (Å²) >= 11 is 0. The van der Waals surface area contributed by atoms with Crippen molar-refractivity contribution in [2.75, 3.05) is 14.1 Å². The Kier molecular flexibility index (Phi) is 3.87. The van der Waals surface area contributed by atoms with Crippen LogP contribution in [0.25, 0.3) is 11.0 Å². The second kappa shape index (κ2) is 5.41. The van der Waals surface area contributed by atoms with E-state index in [0.29, 0.717) is 12.5 Å². The van der Waals surface area contributed by atoms with Crippen LogP contribution in [-0.4, -0.2) is 28.5 Å². The second-order valence-corrected chi connectivity index (χ2v) is 5.36. The number of rotatable bonds is 4. The molecule has 0 bridgehead atoms. The summed E-state index contributed by atoms with van der Waals surface area (Å²) in [5, 5.41) is 9.07. The standard InChI is InChI=1S/C15H20N4/c1-11(2)14(18(3)4)15-17-12-7-5-6-8-13(12)19(15)10-9-16/h5-8,11,14H,10H2,1-4H3. The second-order valence-electron chi connectivity index (χ2n) is 5.36. The highest BCUT2D eigenvalue weighted by molar-refractivity contribution is 5.76. The Bertz CT molecular complexity index is 596. The molecular formula is C15H20N4. The molecule has 100 valence electrons. The van der Waals surface area contributed by atoms with Crippen LogP contribution < -0.4 is 0 Å². The zero-order chi connectivity index (χ0) is 14.0. The molecule has 4 heteroatoms. The molecule has 2 aromatic rings. The van der Waals surface area contributed by atoms with Crippen molar-refractivity contribution in [3.8, 4) is 6.07 Å². The molecule has 0 amide bonds. The third-order valence-corrected chi connectivity index (χ3v) is 3.37. The van der Waals surface area contributed by atoms with Crippen molar-refractivity contribution < 1.29 is 0 Å². The van der Waals surface area contributed by atoms with Gasteiger partial charge in [-0.05, 0) is 32.1 Å². The number of imidazole rings is 1. The molecule has 0 fully saturated rings. The summed E-state index contributed by atoms with van der Waals surface area (Å²) in [6.07, 6.45) is 0. The minimum atomic E-state index is 0.209. The smallest absolute Gasteiger partial charge is 0.128 e. The van der Waals surface area contributed by atoms with Crippen LogP contribution in [0.3, 0.4) is 0 Å². The van der Waals surface area contributed by atoms with Crippen LogP contribution in [-0.2, 0) is 6.54 Å². The van der Waals surface area contributed by atoms with Crippen molar-refractivity contribution in [1.29, 1.82) is 5.26 Å². The van der Waals surface area contributed by atoms with Gasteiger partial charge < -0.3 is 4.57 Å². The monoisotopic (exact) mass is 256 g/mol. The van der Waals surface area contributed by atoms with Crippen molar-refractivity contribution in [3.63, 3.8) is 0 Å². The van der Waals surface area contributed by atoms with Gasteiger partial charge in [-0.2, -0.15) is 5.26 Å². The summed E-state index contributed by atoms with van der Waals surface area (Å²) in [6, 6.07) is 10.4. The van der Waals surface area contributed by atoms with E-state index in [9.17, 15) is 0 Å². The van der Waals surface area contributed by atoms with Crippen LogP contribution in [0, 0.1) is 17.2 Å². The molecule has 0 aliphatic carbocycles. The number of hydrogen-bond acceptors (Lipinski definition) is 3. The fourth-order valence-electron chi connectivity index (χ4n) is 2.68. The summed E-state index contributed by atoms with van der Waals surface area (Å²) in [7, 11) is 4.11. The van der Waals surface area contributed by atoms with Crippen LogP contribution in [0.15, 0.2) is 24.3 Å². The fourth-order valence-corrected chi connectivity index (χ4v) is 2.68. The number of benzene rings is 1. The highest BCUT2D eigenvalue weighted by Gasteiger charge is 2.24. The van der Waals surface area contributed by atoms with Gasteiger partial charge in [-0.1, -0.05) is 26.0 Å². The Morgan fingerprint density at radius 2 is 2.00 bits per heavy atom. The summed E-state index contributed by atoms with van der Waals surface area (Å²) in [5.74, 6) is 1.41. The predicted octanol–water partition coefficient (Wildman–Crippen LogP) is 2.82. The van der Waals surface area contributed by atoms with Crippen LogP contribution in [0.5, 0.6) is 0 Å². The Morgan fingerprint density at radius 3 is 2.58 bits per heavy atom. The van der Waals surface area contributed by atoms with Gasteiger partial charge in [-0.25, -0.2) is 4.98 Å². The summed E-state index contributed by atoms with van der Waals surface area (Å²) in [5.41, 5.74) is 1.99. The van der Waals surface area contributed by atoms with Gasteiger partial charge in [0.2, 0.25) is 0 Å². The molecule has 0 N–H and O–H groups in total.